The molecular weight excluding hydrogens is 384 g/mol. The average molecular weight is 415 g/mol. The van der Waals surface area contributed by atoms with Crippen molar-refractivity contribution in [3.8, 4) is 17.0 Å². The SMILES string of the molecule is COc1cccc(-c2cn(CC[C@@H]3CC[C@@H](NC(=O)CC4CC4)[C@@H](CO)O3)nn2)c1. The van der Waals surface area contributed by atoms with Crippen LogP contribution in [0.1, 0.15) is 38.5 Å². The van der Waals surface area contributed by atoms with Crippen LogP contribution >= 0.6 is 0 Å². The first kappa shape index (κ1) is 20.8. The van der Waals surface area contributed by atoms with E-state index < -0.39 is 0 Å². The standard InChI is InChI=1S/C22H30N4O4/c1-29-18-4-2-3-16(12-18)20-13-26(25-24-20)10-9-17-7-8-19(21(14-27)30-17)23-22(28)11-15-5-6-15/h2-4,12-13,15,17,19,21,27H,5-11,14H2,1H3,(H,23,28)/t17-,19+,21+/m0/s1. The van der Waals surface area contributed by atoms with E-state index in [9.17, 15) is 9.90 Å². The maximum Gasteiger partial charge on any atom is 0.220 e. The monoisotopic (exact) mass is 414 g/mol. The number of ether oxygens (including phenoxy) is 2. The summed E-state index contributed by atoms with van der Waals surface area (Å²) in [6.45, 7) is 0.590. The topological polar surface area (TPSA) is 98.5 Å². The summed E-state index contributed by atoms with van der Waals surface area (Å²) >= 11 is 0. The molecule has 2 N–H and O–H groups in total. The fourth-order valence-electron chi connectivity index (χ4n) is 3.96. The van der Waals surface area contributed by atoms with E-state index >= 15 is 0 Å². The Kier molecular flexibility index (Phi) is 6.64. The first-order valence-corrected chi connectivity index (χ1v) is 10.7. The molecule has 2 aliphatic rings. The molecule has 2 fully saturated rings. The minimum atomic E-state index is -0.352. The van der Waals surface area contributed by atoms with E-state index in [1.807, 2.05) is 35.1 Å². The third kappa shape index (κ3) is 5.37. The summed E-state index contributed by atoms with van der Waals surface area (Å²) in [4.78, 5) is 12.1. The van der Waals surface area contributed by atoms with Crippen LogP contribution in [0.15, 0.2) is 30.5 Å². The number of hydrogen-bond acceptors (Lipinski definition) is 6. The quantitative estimate of drug-likeness (QED) is 0.653. The number of nitrogens with zero attached hydrogens (tertiary/aromatic N) is 3. The van der Waals surface area contributed by atoms with Crippen LogP contribution in [0.5, 0.6) is 5.75 Å². The van der Waals surface area contributed by atoms with E-state index in [2.05, 4.69) is 15.6 Å². The van der Waals surface area contributed by atoms with Gasteiger partial charge in [-0.3, -0.25) is 9.48 Å². The smallest absolute Gasteiger partial charge is 0.220 e. The Morgan fingerprint density at radius 3 is 2.97 bits per heavy atom. The summed E-state index contributed by atoms with van der Waals surface area (Å²) in [7, 11) is 1.64. The van der Waals surface area contributed by atoms with Gasteiger partial charge in [0.15, 0.2) is 0 Å². The minimum absolute atomic E-state index is 0.0307. The van der Waals surface area contributed by atoms with Gasteiger partial charge in [-0.05, 0) is 50.2 Å². The lowest BCUT2D eigenvalue weighted by atomic mass is 9.97. The molecule has 1 saturated carbocycles. The minimum Gasteiger partial charge on any atom is -0.497 e. The molecule has 8 heteroatoms. The molecule has 8 nitrogen and oxygen atoms in total. The van der Waals surface area contributed by atoms with Gasteiger partial charge in [-0.15, -0.1) is 5.10 Å². The molecule has 1 aliphatic carbocycles. The molecule has 2 aromatic rings. The summed E-state index contributed by atoms with van der Waals surface area (Å²) < 4.78 is 13.2. The Bertz CT molecular complexity index is 851. The van der Waals surface area contributed by atoms with Gasteiger partial charge in [0, 0.05) is 18.5 Å². The molecule has 0 radical (unpaired) electrons. The highest BCUT2D eigenvalue weighted by Gasteiger charge is 2.33. The maximum absolute atomic E-state index is 12.1. The van der Waals surface area contributed by atoms with Crippen LogP contribution in [-0.2, 0) is 16.1 Å². The summed E-state index contributed by atoms with van der Waals surface area (Å²) in [6.07, 6.45) is 6.95. The summed E-state index contributed by atoms with van der Waals surface area (Å²) in [5.41, 5.74) is 1.75. The number of benzene rings is 1. The Morgan fingerprint density at radius 2 is 2.20 bits per heavy atom. The highest BCUT2D eigenvalue weighted by atomic mass is 16.5. The van der Waals surface area contributed by atoms with Crippen LogP contribution < -0.4 is 10.1 Å². The highest BCUT2D eigenvalue weighted by Crippen LogP contribution is 2.32. The van der Waals surface area contributed by atoms with Crippen molar-refractivity contribution in [2.45, 2.75) is 63.3 Å². The first-order chi connectivity index (χ1) is 14.6. The van der Waals surface area contributed by atoms with Crippen molar-refractivity contribution >= 4 is 5.91 Å². The highest BCUT2D eigenvalue weighted by molar-refractivity contribution is 5.76. The summed E-state index contributed by atoms with van der Waals surface area (Å²) in [5, 5.41) is 21.3. The van der Waals surface area contributed by atoms with Gasteiger partial charge in [0.1, 0.15) is 17.5 Å². The molecular formula is C22H30N4O4. The summed E-state index contributed by atoms with van der Waals surface area (Å²) in [5.74, 6) is 1.42. The lowest BCUT2D eigenvalue weighted by molar-refractivity contribution is -0.129. The third-order valence-electron chi connectivity index (χ3n) is 5.90. The number of nitrogens with one attached hydrogen (secondary N) is 1. The van der Waals surface area contributed by atoms with Crippen LogP contribution in [0.4, 0.5) is 0 Å². The second-order valence-electron chi connectivity index (χ2n) is 8.27. The summed E-state index contributed by atoms with van der Waals surface area (Å²) in [6, 6.07) is 7.63. The average Bonchev–Trinajstić information content (AvgIpc) is 3.45. The van der Waals surface area contributed by atoms with Crippen molar-refractivity contribution in [1.29, 1.82) is 0 Å². The third-order valence-corrected chi connectivity index (χ3v) is 5.90. The van der Waals surface area contributed by atoms with E-state index in [0.29, 0.717) is 18.9 Å². The molecule has 0 unspecified atom stereocenters. The fraction of sp³-hybridized carbons (Fsp3) is 0.591. The van der Waals surface area contributed by atoms with Gasteiger partial charge in [-0.2, -0.15) is 0 Å². The number of rotatable bonds is 9. The molecule has 1 aromatic carbocycles. The van der Waals surface area contributed by atoms with Gasteiger partial charge in [-0.25, -0.2) is 0 Å². The lowest BCUT2D eigenvalue weighted by Crippen LogP contribution is -2.51. The lowest BCUT2D eigenvalue weighted by Gasteiger charge is -2.36. The molecule has 0 spiro atoms. The van der Waals surface area contributed by atoms with Crippen molar-refractivity contribution in [2.75, 3.05) is 13.7 Å². The van der Waals surface area contributed by atoms with Crippen molar-refractivity contribution in [3.05, 3.63) is 30.5 Å². The van der Waals surface area contributed by atoms with Crippen LogP contribution in [-0.4, -0.2) is 58.0 Å². The molecule has 1 amide bonds. The molecule has 4 rings (SSSR count). The Labute approximate surface area is 176 Å². The number of carbonyl (C=O) groups excluding carboxylic acids is 1. The molecule has 3 atom stereocenters. The van der Waals surface area contributed by atoms with E-state index in [-0.39, 0.29) is 30.8 Å². The van der Waals surface area contributed by atoms with Crippen LogP contribution in [0.2, 0.25) is 0 Å². The zero-order valence-corrected chi connectivity index (χ0v) is 17.4. The second-order valence-corrected chi connectivity index (χ2v) is 8.27. The maximum atomic E-state index is 12.1. The Morgan fingerprint density at radius 1 is 1.33 bits per heavy atom. The predicted molar refractivity (Wildman–Crippen MR) is 111 cm³/mol. The van der Waals surface area contributed by atoms with Gasteiger partial charge in [-0.1, -0.05) is 17.3 Å². The fourth-order valence-corrected chi connectivity index (χ4v) is 3.96. The number of carbonyl (C=O) groups is 1. The molecule has 1 saturated heterocycles. The largest absolute Gasteiger partial charge is 0.497 e. The van der Waals surface area contributed by atoms with Crippen LogP contribution in [0.3, 0.4) is 0 Å². The van der Waals surface area contributed by atoms with E-state index in [0.717, 1.165) is 49.1 Å². The molecule has 1 aliphatic heterocycles. The second kappa shape index (κ2) is 9.57. The number of aliphatic hydroxyl groups is 1. The number of hydrogen-bond donors (Lipinski definition) is 2. The predicted octanol–water partition coefficient (Wildman–Crippen LogP) is 2.17. The zero-order valence-electron chi connectivity index (χ0n) is 17.4. The number of aromatic nitrogens is 3. The molecule has 30 heavy (non-hydrogen) atoms. The zero-order chi connectivity index (χ0) is 20.9. The van der Waals surface area contributed by atoms with Gasteiger partial charge < -0.3 is 19.9 Å². The Balaban J connectivity index is 1.27. The first-order valence-electron chi connectivity index (χ1n) is 10.7. The number of amides is 1. The molecule has 0 bridgehead atoms. The van der Waals surface area contributed by atoms with Gasteiger partial charge in [0.25, 0.3) is 0 Å². The van der Waals surface area contributed by atoms with Gasteiger partial charge >= 0.3 is 0 Å². The van der Waals surface area contributed by atoms with Crippen molar-refractivity contribution in [1.82, 2.24) is 20.3 Å². The van der Waals surface area contributed by atoms with E-state index in [1.54, 1.807) is 7.11 Å². The number of aryl methyl sites for hydroxylation is 1. The molecule has 162 valence electrons. The molecule has 2 heterocycles. The Hall–Kier alpha value is -2.45. The van der Waals surface area contributed by atoms with Crippen molar-refractivity contribution in [3.63, 3.8) is 0 Å². The number of aliphatic hydroxyl groups excluding tert-OH is 1. The van der Waals surface area contributed by atoms with Crippen molar-refractivity contribution < 1.29 is 19.4 Å². The van der Waals surface area contributed by atoms with E-state index in [4.69, 9.17) is 9.47 Å². The molecule has 1 aromatic heterocycles. The number of methoxy groups -OCH3 is 1. The van der Waals surface area contributed by atoms with Crippen LogP contribution in [0.25, 0.3) is 11.3 Å². The van der Waals surface area contributed by atoms with Gasteiger partial charge in [0.2, 0.25) is 5.91 Å². The van der Waals surface area contributed by atoms with Crippen LogP contribution in [0, 0.1) is 5.92 Å². The van der Waals surface area contributed by atoms with Gasteiger partial charge in [0.05, 0.1) is 32.1 Å². The normalized spacial score (nSPS) is 23.9. The van der Waals surface area contributed by atoms with Crippen molar-refractivity contribution in [2.24, 2.45) is 5.92 Å². The van der Waals surface area contributed by atoms with E-state index in [1.165, 1.54) is 0 Å².